The predicted octanol–water partition coefficient (Wildman–Crippen LogP) is 4.31. The molecule has 3 amide bonds. The van der Waals surface area contributed by atoms with E-state index in [1.165, 1.54) is 0 Å². The number of esters is 1. The Morgan fingerprint density at radius 3 is 2.30 bits per heavy atom. The molecule has 9 heteroatoms. The van der Waals surface area contributed by atoms with Crippen LogP contribution in [0.5, 0.6) is 0 Å². The van der Waals surface area contributed by atoms with E-state index in [-0.39, 0.29) is 18.2 Å². The zero-order valence-electron chi connectivity index (χ0n) is 26.2. The summed E-state index contributed by atoms with van der Waals surface area (Å²) in [6.45, 7) is 5.64. The van der Waals surface area contributed by atoms with Crippen molar-refractivity contribution in [1.29, 1.82) is 0 Å². The summed E-state index contributed by atoms with van der Waals surface area (Å²) in [6.07, 6.45) is 5.04. The van der Waals surface area contributed by atoms with Crippen LogP contribution in [-0.2, 0) is 32.1 Å². The number of nitrogens with zero attached hydrogens (tertiary/aromatic N) is 1. The highest BCUT2D eigenvalue weighted by Crippen LogP contribution is 2.29. The Bertz CT molecular complexity index is 1280. The molecule has 1 aliphatic carbocycles. The number of amides is 3. The molecule has 1 heterocycles. The van der Waals surface area contributed by atoms with E-state index in [2.05, 4.69) is 10.6 Å². The summed E-state index contributed by atoms with van der Waals surface area (Å²) in [5.41, 5.74) is 2.33. The van der Waals surface area contributed by atoms with Gasteiger partial charge in [-0.3, -0.25) is 14.4 Å². The highest BCUT2D eigenvalue weighted by atomic mass is 16.6. The fourth-order valence-electron chi connectivity index (χ4n) is 6.33. The molecule has 3 N–H and O–H groups in total. The third kappa shape index (κ3) is 8.68. The molecule has 0 radical (unpaired) electrons. The van der Waals surface area contributed by atoms with Crippen LogP contribution in [0.3, 0.4) is 0 Å². The minimum Gasteiger partial charge on any atom is -0.461 e. The third-order valence-corrected chi connectivity index (χ3v) is 8.62. The Morgan fingerprint density at radius 1 is 0.955 bits per heavy atom. The lowest BCUT2D eigenvalue weighted by Crippen LogP contribution is -2.57. The van der Waals surface area contributed by atoms with Crippen LogP contribution in [0.4, 0.5) is 0 Å². The number of aliphatic hydroxyl groups is 1. The van der Waals surface area contributed by atoms with Crippen molar-refractivity contribution < 1.29 is 29.0 Å². The zero-order valence-corrected chi connectivity index (χ0v) is 26.2. The van der Waals surface area contributed by atoms with Crippen molar-refractivity contribution in [2.24, 2.45) is 5.92 Å². The van der Waals surface area contributed by atoms with Gasteiger partial charge < -0.3 is 25.4 Å². The molecule has 0 saturated heterocycles. The van der Waals surface area contributed by atoms with Gasteiger partial charge in [0.15, 0.2) is 6.10 Å². The molecule has 1 saturated carbocycles. The number of aliphatic hydroxyl groups excluding tert-OH is 1. The van der Waals surface area contributed by atoms with Gasteiger partial charge in [-0.05, 0) is 49.8 Å². The Hall–Kier alpha value is -3.72. The van der Waals surface area contributed by atoms with E-state index in [0.29, 0.717) is 31.4 Å². The van der Waals surface area contributed by atoms with Crippen molar-refractivity contribution in [2.75, 3.05) is 0 Å². The van der Waals surface area contributed by atoms with E-state index < -0.39 is 48.1 Å². The highest BCUT2D eigenvalue weighted by Gasteiger charge is 2.38. The first-order valence-corrected chi connectivity index (χ1v) is 16.1. The maximum atomic E-state index is 14.0. The molecule has 9 nitrogen and oxygen atoms in total. The third-order valence-electron chi connectivity index (χ3n) is 8.62. The number of benzene rings is 2. The molecule has 1 fully saturated rings. The standard InChI is InChI=1S/C35H47N3O6/c1-4-13-28(32(40)37-29(20-24-14-7-5-8-15-24)31(39)35(43)44-23(2)3)36-33(41)30(21-25-16-9-6-10-17-25)38-22-26-18-11-12-19-27(26)34(38)42/h6,9-12,16-19,23-24,28-31,39H,4-5,7-8,13-15,20-22H2,1-3H3,(H,36,41)(H,37,40)/t28-,29-,30-,31+/m0/s1. The van der Waals surface area contributed by atoms with Crippen molar-refractivity contribution >= 4 is 23.7 Å². The molecule has 1 aliphatic heterocycles. The van der Waals surface area contributed by atoms with Crippen molar-refractivity contribution in [1.82, 2.24) is 15.5 Å². The highest BCUT2D eigenvalue weighted by molar-refractivity contribution is 6.01. The monoisotopic (exact) mass is 605 g/mol. The lowest BCUT2D eigenvalue weighted by atomic mass is 9.83. The smallest absolute Gasteiger partial charge is 0.337 e. The fourth-order valence-corrected chi connectivity index (χ4v) is 6.33. The number of nitrogens with one attached hydrogen (secondary N) is 2. The van der Waals surface area contributed by atoms with Crippen LogP contribution in [-0.4, -0.2) is 64.0 Å². The lowest BCUT2D eigenvalue weighted by Gasteiger charge is -2.32. The molecule has 2 aromatic rings. The fraction of sp³-hybridized carbons (Fsp3) is 0.543. The Kier molecular flexibility index (Phi) is 11.9. The quantitative estimate of drug-likeness (QED) is 0.276. The molecule has 4 atom stereocenters. The molecule has 2 aliphatic rings. The largest absolute Gasteiger partial charge is 0.461 e. The van der Waals surface area contributed by atoms with Crippen LogP contribution in [0.15, 0.2) is 54.6 Å². The molecule has 4 rings (SSSR count). The number of fused-ring (bicyclic) bond motifs is 1. The second-order valence-corrected chi connectivity index (χ2v) is 12.4. The van der Waals surface area contributed by atoms with Crippen LogP contribution in [0.25, 0.3) is 0 Å². The van der Waals surface area contributed by atoms with Gasteiger partial charge >= 0.3 is 5.97 Å². The number of carbonyl (C=O) groups is 4. The second-order valence-electron chi connectivity index (χ2n) is 12.4. The Morgan fingerprint density at radius 2 is 1.64 bits per heavy atom. The van der Waals surface area contributed by atoms with Crippen LogP contribution < -0.4 is 10.6 Å². The van der Waals surface area contributed by atoms with Crippen molar-refractivity contribution in [3.63, 3.8) is 0 Å². The van der Waals surface area contributed by atoms with Gasteiger partial charge in [0, 0.05) is 18.5 Å². The first-order valence-electron chi connectivity index (χ1n) is 16.1. The number of ether oxygens (including phenoxy) is 1. The van der Waals surface area contributed by atoms with Crippen LogP contribution in [0, 0.1) is 5.92 Å². The minimum absolute atomic E-state index is 0.215. The molecular weight excluding hydrogens is 558 g/mol. The average Bonchev–Trinajstić information content (AvgIpc) is 3.35. The summed E-state index contributed by atoms with van der Waals surface area (Å²) >= 11 is 0. The van der Waals surface area contributed by atoms with E-state index >= 15 is 0 Å². The Labute approximate surface area is 260 Å². The zero-order chi connectivity index (χ0) is 31.6. The molecule has 0 bridgehead atoms. The number of hydrogen-bond acceptors (Lipinski definition) is 6. The summed E-state index contributed by atoms with van der Waals surface area (Å²) in [5.74, 6) is -1.60. The van der Waals surface area contributed by atoms with E-state index in [1.54, 1.807) is 24.8 Å². The number of carbonyl (C=O) groups excluding carboxylic acids is 4. The second kappa shape index (κ2) is 15.8. The summed E-state index contributed by atoms with van der Waals surface area (Å²) in [7, 11) is 0. The van der Waals surface area contributed by atoms with Gasteiger partial charge in [0.05, 0.1) is 12.1 Å². The lowest BCUT2D eigenvalue weighted by molar-refractivity contribution is -0.159. The number of hydrogen-bond donors (Lipinski definition) is 3. The number of rotatable bonds is 14. The van der Waals surface area contributed by atoms with E-state index in [1.807, 2.05) is 55.5 Å². The minimum atomic E-state index is -1.52. The van der Waals surface area contributed by atoms with Crippen LogP contribution in [0.2, 0.25) is 0 Å². The van der Waals surface area contributed by atoms with E-state index in [9.17, 15) is 24.3 Å². The molecule has 0 spiro atoms. The van der Waals surface area contributed by atoms with Crippen LogP contribution >= 0.6 is 0 Å². The molecular formula is C35H47N3O6. The average molecular weight is 606 g/mol. The summed E-state index contributed by atoms with van der Waals surface area (Å²) < 4.78 is 5.27. The Balaban J connectivity index is 1.53. The van der Waals surface area contributed by atoms with Crippen molar-refractivity contribution in [2.45, 2.75) is 115 Å². The van der Waals surface area contributed by atoms with Gasteiger partial charge in [-0.2, -0.15) is 0 Å². The molecule has 0 aromatic heterocycles. The van der Waals surface area contributed by atoms with Gasteiger partial charge in [0.25, 0.3) is 5.91 Å². The topological polar surface area (TPSA) is 125 Å². The van der Waals surface area contributed by atoms with Crippen molar-refractivity contribution in [3.05, 3.63) is 71.3 Å². The summed E-state index contributed by atoms with van der Waals surface area (Å²) in [6, 6.07) is 14.2. The summed E-state index contributed by atoms with van der Waals surface area (Å²) in [5, 5.41) is 16.8. The van der Waals surface area contributed by atoms with Crippen LogP contribution in [0.1, 0.15) is 93.6 Å². The van der Waals surface area contributed by atoms with Gasteiger partial charge in [-0.1, -0.05) is 94.0 Å². The van der Waals surface area contributed by atoms with Gasteiger partial charge in [-0.15, -0.1) is 0 Å². The normalized spacial score (nSPS) is 17.8. The molecule has 238 valence electrons. The molecule has 0 unspecified atom stereocenters. The van der Waals surface area contributed by atoms with Crippen molar-refractivity contribution in [3.8, 4) is 0 Å². The molecule has 2 aromatic carbocycles. The SMILES string of the molecule is CCC[C@H](NC(=O)[C@H](Cc1ccccc1)N1Cc2ccccc2C1=O)C(=O)N[C@@H](CC1CCCCC1)[C@@H](O)C(=O)OC(C)C. The van der Waals surface area contributed by atoms with E-state index in [0.717, 1.165) is 43.2 Å². The van der Waals surface area contributed by atoms with Gasteiger partial charge in [0.2, 0.25) is 11.8 Å². The van der Waals surface area contributed by atoms with Gasteiger partial charge in [0.1, 0.15) is 12.1 Å². The maximum Gasteiger partial charge on any atom is 0.337 e. The van der Waals surface area contributed by atoms with E-state index in [4.69, 9.17) is 4.74 Å². The first-order chi connectivity index (χ1) is 21.2. The first kappa shape index (κ1) is 33.2. The molecule has 44 heavy (non-hydrogen) atoms. The summed E-state index contributed by atoms with van der Waals surface area (Å²) in [4.78, 5) is 55.4. The maximum absolute atomic E-state index is 14.0. The predicted molar refractivity (Wildman–Crippen MR) is 167 cm³/mol. The van der Waals surface area contributed by atoms with Gasteiger partial charge in [-0.25, -0.2) is 4.79 Å².